The van der Waals surface area contributed by atoms with E-state index in [0.29, 0.717) is 17.3 Å². The number of nitrogen functional groups attached to an aromatic ring is 1. The van der Waals surface area contributed by atoms with Gasteiger partial charge in [-0.15, -0.1) is 0 Å². The second-order valence-electron chi connectivity index (χ2n) is 4.56. The third-order valence-electron chi connectivity index (χ3n) is 3.12. The highest BCUT2D eigenvalue weighted by atomic mass is 79.9. The maximum absolute atomic E-state index is 12.1. The van der Waals surface area contributed by atoms with Crippen LogP contribution < -0.4 is 5.73 Å². The molecular formula is C12H16BrN3O. The molecule has 0 bridgehead atoms. The van der Waals surface area contributed by atoms with Gasteiger partial charge in [0.2, 0.25) is 0 Å². The Hall–Kier alpha value is -1.07. The van der Waals surface area contributed by atoms with E-state index in [-0.39, 0.29) is 5.91 Å². The summed E-state index contributed by atoms with van der Waals surface area (Å²) in [6.45, 7) is 1.59. The Bertz CT molecular complexity index is 441. The van der Waals surface area contributed by atoms with Crippen molar-refractivity contribution < 1.29 is 4.79 Å². The van der Waals surface area contributed by atoms with Crippen molar-refractivity contribution in [1.82, 2.24) is 9.80 Å². The summed E-state index contributed by atoms with van der Waals surface area (Å²) in [7, 11) is 4.06. The van der Waals surface area contributed by atoms with E-state index in [1.165, 1.54) is 0 Å². The molecule has 92 valence electrons. The second kappa shape index (κ2) is 4.66. The van der Waals surface area contributed by atoms with Crippen molar-refractivity contribution in [2.75, 3.05) is 32.9 Å². The van der Waals surface area contributed by atoms with Gasteiger partial charge < -0.3 is 15.5 Å². The quantitative estimate of drug-likeness (QED) is 0.840. The fourth-order valence-corrected chi connectivity index (χ4v) is 2.05. The van der Waals surface area contributed by atoms with E-state index < -0.39 is 0 Å². The van der Waals surface area contributed by atoms with Gasteiger partial charge in [-0.1, -0.05) is 0 Å². The van der Waals surface area contributed by atoms with E-state index >= 15 is 0 Å². The van der Waals surface area contributed by atoms with Crippen molar-refractivity contribution in [1.29, 1.82) is 0 Å². The van der Waals surface area contributed by atoms with E-state index in [0.717, 1.165) is 17.6 Å². The molecule has 0 aliphatic carbocycles. The number of likely N-dealkylation sites (N-methyl/N-ethyl adjacent to an activating group) is 1. The van der Waals surface area contributed by atoms with Crippen LogP contribution in [0.3, 0.4) is 0 Å². The number of amides is 1. The maximum atomic E-state index is 12.1. The summed E-state index contributed by atoms with van der Waals surface area (Å²) in [4.78, 5) is 16.1. The van der Waals surface area contributed by atoms with Crippen LogP contribution in [0.1, 0.15) is 10.4 Å². The lowest BCUT2D eigenvalue weighted by atomic mass is 10.1. The molecular weight excluding hydrogens is 282 g/mol. The first kappa shape index (κ1) is 12.4. The minimum atomic E-state index is 0.0577. The van der Waals surface area contributed by atoms with Crippen molar-refractivity contribution in [3.63, 3.8) is 0 Å². The van der Waals surface area contributed by atoms with Crippen LogP contribution in [0.15, 0.2) is 22.7 Å². The van der Waals surface area contributed by atoms with Gasteiger partial charge in [0.1, 0.15) is 0 Å². The van der Waals surface area contributed by atoms with Crippen molar-refractivity contribution in [3.8, 4) is 0 Å². The van der Waals surface area contributed by atoms with Crippen LogP contribution in [0, 0.1) is 0 Å². The molecule has 2 N–H and O–H groups in total. The highest BCUT2D eigenvalue weighted by Gasteiger charge is 2.32. The predicted molar refractivity (Wildman–Crippen MR) is 71.9 cm³/mol. The first-order valence-electron chi connectivity index (χ1n) is 5.50. The fourth-order valence-electron chi connectivity index (χ4n) is 1.81. The third kappa shape index (κ3) is 2.45. The Labute approximate surface area is 110 Å². The molecule has 1 aromatic rings. The van der Waals surface area contributed by atoms with Gasteiger partial charge in [0.15, 0.2) is 0 Å². The van der Waals surface area contributed by atoms with Gasteiger partial charge in [0, 0.05) is 34.9 Å². The lowest BCUT2D eigenvalue weighted by Gasteiger charge is -2.42. The van der Waals surface area contributed by atoms with E-state index in [1.54, 1.807) is 12.1 Å². The van der Waals surface area contributed by atoms with Crippen LogP contribution in [0.25, 0.3) is 0 Å². The molecule has 1 amide bonds. The third-order valence-corrected chi connectivity index (χ3v) is 3.84. The molecule has 2 rings (SSSR count). The Morgan fingerprint density at radius 3 is 2.65 bits per heavy atom. The van der Waals surface area contributed by atoms with Gasteiger partial charge in [-0.2, -0.15) is 0 Å². The van der Waals surface area contributed by atoms with Crippen molar-refractivity contribution >= 4 is 27.5 Å². The van der Waals surface area contributed by atoms with E-state index in [2.05, 4.69) is 20.8 Å². The standard InChI is InChI=1S/C12H16BrN3O/c1-15(2)9-6-16(7-9)12(17)8-3-4-10(13)11(14)5-8/h3-5,9H,6-7,14H2,1-2H3. The molecule has 5 heteroatoms. The molecule has 0 radical (unpaired) electrons. The summed E-state index contributed by atoms with van der Waals surface area (Å²) in [6.07, 6.45) is 0. The monoisotopic (exact) mass is 297 g/mol. The smallest absolute Gasteiger partial charge is 0.254 e. The largest absolute Gasteiger partial charge is 0.398 e. The average molecular weight is 298 g/mol. The zero-order valence-corrected chi connectivity index (χ0v) is 11.6. The maximum Gasteiger partial charge on any atom is 0.254 e. The number of rotatable bonds is 2. The molecule has 0 aromatic heterocycles. The average Bonchev–Trinajstić information content (AvgIpc) is 2.19. The van der Waals surface area contributed by atoms with Crippen LogP contribution in [0.5, 0.6) is 0 Å². The molecule has 1 saturated heterocycles. The Balaban J connectivity index is 2.04. The van der Waals surface area contributed by atoms with E-state index in [9.17, 15) is 4.79 Å². The van der Waals surface area contributed by atoms with Crippen LogP contribution >= 0.6 is 15.9 Å². The summed E-state index contributed by atoms with van der Waals surface area (Å²) in [5.74, 6) is 0.0577. The number of likely N-dealkylation sites (tertiary alicyclic amines) is 1. The summed E-state index contributed by atoms with van der Waals surface area (Å²) < 4.78 is 0.823. The minimum Gasteiger partial charge on any atom is -0.398 e. The number of halogens is 1. The highest BCUT2D eigenvalue weighted by Crippen LogP contribution is 2.23. The number of nitrogens with two attached hydrogens (primary N) is 1. The predicted octanol–water partition coefficient (Wildman–Crippen LogP) is 1.42. The number of carbonyl (C=O) groups is 1. The normalized spacial score (nSPS) is 16.1. The minimum absolute atomic E-state index is 0.0577. The number of hydrogen-bond acceptors (Lipinski definition) is 3. The van der Waals surface area contributed by atoms with Crippen LogP contribution in [0.4, 0.5) is 5.69 Å². The number of nitrogens with zero attached hydrogens (tertiary/aromatic N) is 2. The van der Waals surface area contributed by atoms with Gasteiger partial charge in [-0.05, 0) is 48.2 Å². The Morgan fingerprint density at radius 1 is 1.47 bits per heavy atom. The first-order chi connectivity index (χ1) is 7.99. The number of carbonyl (C=O) groups excluding carboxylic acids is 1. The van der Waals surface area contributed by atoms with E-state index in [1.807, 2.05) is 25.1 Å². The Kier molecular flexibility index (Phi) is 3.40. The van der Waals surface area contributed by atoms with Crippen molar-refractivity contribution in [3.05, 3.63) is 28.2 Å². The molecule has 1 aromatic carbocycles. The second-order valence-corrected chi connectivity index (χ2v) is 5.42. The molecule has 0 unspecified atom stereocenters. The number of anilines is 1. The summed E-state index contributed by atoms with van der Waals surface area (Å²) >= 11 is 3.32. The highest BCUT2D eigenvalue weighted by molar-refractivity contribution is 9.10. The first-order valence-corrected chi connectivity index (χ1v) is 6.29. The van der Waals surface area contributed by atoms with Crippen LogP contribution in [-0.2, 0) is 0 Å². The fraction of sp³-hybridized carbons (Fsp3) is 0.417. The zero-order chi connectivity index (χ0) is 12.6. The molecule has 0 saturated carbocycles. The summed E-state index contributed by atoms with van der Waals surface area (Å²) in [5.41, 5.74) is 7.02. The summed E-state index contributed by atoms with van der Waals surface area (Å²) in [5, 5.41) is 0. The molecule has 17 heavy (non-hydrogen) atoms. The molecule has 1 fully saturated rings. The van der Waals surface area contributed by atoms with Gasteiger partial charge in [-0.3, -0.25) is 4.79 Å². The van der Waals surface area contributed by atoms with Crippen LogP contribution in [-0.4, -0.2) is 48.9 Å². The molecule has 0 spiro atoms. The van der Waals surface area contributed by atoms with Gasteiger partial charge in [0.05, 0.1) is 0 Å². The van der Waals surface area contributed by atoms with E-state index in [4.69, 9.17) is 5.73 Å². The van der Waals surface area contributed by atoms with Crippen molar-refractivity contribution in [2.24, 2.45) is 0 Å². The topological polar surface area (TPSA) is 49.6 Å². The molecule has 1 aliphatic heterocycles. The van der Waals surface area contributed by atoms with Gasteiger partial charge >= 0.3 is 0 Å². The lowest BCUT2D eigenvalue weighted by Crippen LogP contribution is -2.59. The van der Waals surface area contributed by atoms with Gasteiger partial charge in [0.25, 0.3) is 5.91 Å². The van der Waals surface area contributed by atoms with Crippen molar-refractivity contribution in [2.45, 2.75) is 6.04 Å². The Morgan fingerprint density at radius 2 is 2.12 bits per heavy atom. The lowest BCUT2D eigenvalue weighted by molar-refractivity contribution is 0.0399. The molecule has 1 heterocycles. The SMILES string of the molecule is CN(C)C1CN(C(=O)c2ccc(Br)c(N)c2)C1. The molecule has 4 nitrogen and oxygen atoms in total. The van der Waals surface area contributed by atoms with Crippen LogP contribution in [0.2, 0.25) is 0 Å². The molecule has 1 aliphatic rings. The molecule has 0 atom stereocenters. The zero-order valence-electron chi connectivity index (χ0n) is 9.98. The van der Waals surface area contributed by atoms with Gasteiger partial charge in [-0.25, -0.2) is 0 Å². The number of benzene rings is 1. The summed E-state index contributed by atoms with van der Waals surface area (Å²) in [6, 6.07) is 5.80. The number of hydrogen-bond donors (Lipinski definition) is 1.